The second kappa shape index (κ2) is 5.11. The van der Waals surface area contributed by atoms with E-state index in [4.69, 9.17) is 4.55 Å². The molecular weight excluding hydrogens is 239 g/mol. The predicted molar refractivity (Wildman–Crippen MR) is 58.0 cm³/mol. The molecule has 7 heteroatoms. The number of aromatic nitrogens is 1. The summed E-state index contributed by atoms with van der Waals surface area (Å²) in [4.78, 5) is 3.84. The molecule has 0 aliphatic carbocycles. The van der Waals surface area contributed by atoms with Gasteiger partial charge in [-0.2, -0.15) is 8.42 Å². The van der Waals surface area contributed by atoms with E-state index >= 15 is 0 Å². The zero-order valence-corrected chi connectivity index (χ0v) is 11.4. The van der Waals surface area contributed by atoms with E-state index in [1.807, 2.05) is 16.9 Å². The Kier molecular flexibility index (Phi) is 4.28. The Morgan fingerprint density at radius 3 is 2.62 bits per heavy atom. The van der Waals surface area contributed by atoms with Crippen molar-refractivity contribution >= 4 is 26.9 Å². The van der Waals surface area contributed by atoms with Crippen molar-refractivity contribution in [2.45, 2.75) is 0 Å². The van der Waals surface area contributed by atoms with Crippen LogP contribution in [0, 0.1) is 0 Å². The third kappa shape index (κ3) is 3.16. The van der Waals surface area contributed by atoms with Gasteiger partial charge in [-0.3, -0.25) is 4.55 Å². The van der Waals surface area contributed by atoms with Crippen molar-refractivity contribution in [3.05, 3.63) is 36.5 Å². The zero-order chi connectivity index (χ0) is 10.9. The van der Waals surface area contributed by atoms with E-state index in [2.05, 4.69) is 4.98 Å². The van der Waals surface area contributed by atoms with Gasteiger partial charge >= 0.3 is 39.9 Å². The minimum absolute atomic E-state index is 0. The van der Waals surface area contributed by atoms with Crippen LogP contribution in [0.4, 0.5) is 5.82 Å². The maximum Gasteiger partial charge on any atom is 1.00 e. The molecule has 0 radical (unpaired) electrons. The standard InChI is InChI=1S/C9H8N2O3S.Na.H/c12-15(13,14)11-9-8-4-2-1-3-7(8)5-6-10-9;;/h1-6H,(H,10,11)(H,12,13,14);;/q;+1;-1. The molecule has 1 heterocycles. The van der Waals surface area contributed by atoms with Crippen LogP contribution in [-0.4, -0.2) is 18.0 Å². The van der Waals surface area contributed by atoms with Gasteiger partial charge < -0.3 is 1.43 Å². The molecule has 0 saturated heterocycles. The normalized spacial score (nSPS) is 10.8. The second-order valence-electron chi connectivity index (χ2n) is 2.96. The molecule has 0 spiro atoms. The smallest absolute Gasteiger partial charge is 1.00 e. The molecule has 0 bridgehead atoms. The van der Waals surface area contributed by atoms with Crippen molar-refractivity contribution in [3.63, 3.8) is 0 Å². The molecule has 0 fully saturated rings. The van der Waals surface area contributed by atoms with E-state index in [-0.39, 0.29) is 36.8 Å². The van der Waals surface area contributed by atoms with Crippen LogP contribution in [0.5, 0.6) is 0 Å². The van der Waals surface area contributed by atoms with Gasteiger partial charge in [0.2, 0.25) is 0 Å². The van der Waals surface area contributed by atoms with Gasteiger partial charge in [-0.15, -0.1) is 0 Å². The maximum atomic E-state index is 10.6. The Balaban J connectivity index is 0.00000128. The molecule has 2 N–H and O–H groups in total. The fourth-order valence-electron chi connectivity index (χ4n) is 1.32. The van der Waals surface area contributed by atoms with Gasteiger partial charge in [-0.1, -0.05) is 24.3 Å². The van der Waals surface area contributed by atoms with Crippen LogP contribution in [0.2, 0.25) is 0 Å². The molecule has 0 atom stereocenters. The van der Waals surface area contributed by atoms with E-state index in [0.717, 1.165) is 5.39 Å². The van der Waals surface area contributed by atoms with Crippen molar-refractivity contribution < 1.29 is 44.0 Å². The number of hydrogen-bond donors (Lipinski definition) is 2. The first-order chi connectivity index (χ1) is 7.06. The van der Waals surface area contributed by atoms with Crippen LogP contribution >= 0.6 is 0 Å². The molecule has 80 valence electrons. The summed E-state index contributed by atoms with van der Waals surface area (Å²) in [6.07, 6.45) is 1.47. The van der Waals surface area contributed by atoms with Gasteiger partial charge in [0.05, 0.1) is 0 Å². The number of anilines is 1. The number of rotatable bonds is 2. The summed E-state index contributed by atoms with van der Waals surface area (Å²) in [7, 11) is -4.28. The summed E-state index contributed by atoms with van der Waals surface area (Å²) in [5.41, 5.74) is 0. The van der Waals surface area contributed by atoms with Crippen LogP contribution in [0.1, 0.15) is 1.43 Å². The number of fused-ring (bicyclic) bond motifs is 1. The minimum atomic E-state index is -4.28. The molecule has 0 unspecified atom stereocenters. The number of pyridine rings is 1. The summed E-state index contributed by atoms with van der Waals surface area (Å²) < 4.78 is 31.9. The first kappa shape index (κ1) is 13.4. The van der Waals surface area contributed by atoms with Crippen LogP contribution in [-0.2, 0) is 10.3 Å². The molecule has 2 rings (SSSR count). The molecule has 1 aromatic heterocycles. The molecule has 0 saturated carbocycles. The SMILES string of the molecule is O=S(=O)(O)Nc1nccc2ccccc12.[H-].[Na+]. The Bertz CT molecular complexity index is 601. The van der Waals surface area contributed by atoms with Crippen molar-refractivity contribution in [2.75, 3.05) is 4.72 Å². The molecule has 0 amide bonds. The van der Waals surface area contributed by atoms with Gasteiger partial charge in [-0.25, -0.2) is 9.71 Å². The molecule has 0 aliphatic heterocycles. The van der Waals surface area contributed by atoms with Crippen molar-refractivity contribution in [1.29, 1.82) is 0 Å². The van der Waals surface area contributed by atoms with Crippen LogP contribution in [0.15, 0.2) is 36.5 Å². The van der Waals surface area contributed by atoms with Crippen LogP contribution in [0.3, 0.4) is 0 Å². The summed E-state index contributed by atoms with van der Waals surface area (Å²) in [5.74, 6) is 0.121. The summed E-state index contributed by atoms with van der Waals surface area (Å²) >= 11 is 0. The second-order valence-corrected chi connectivity index (χ2v) is 4.11. The monoisotopic (exact) mass is 248 g/mol. The fourth-order valence-corrected chi connectivity index (χ4v) is 1.73. The Labute approximate surface area is 117 Å². The summed E-state index contributed by atoms with van der Waals surface area (Å²) in [5, 5.41) is 1.48. The predicted octanol–water partition coefficient (Wildman–Crippen LogP) is -1.43. The Hall–Kier alpha value is -0.660. The van der Waals surface area contributed by atoms with Gasteiger partial charge in [-0.05, 0) is 11.5 Å². The van der Waals surface area contributed by atoms with E-state index < -0.39 is 10.3 Å². The van der Waals surface area contributed by atoms with E-state index in [1.54, 1.807) is 18.2 Å². The maximum absolute atomic E-state index is 10.6. The van der Waals surface area contributed by atoms with Crippen LogP contribution in [0.25, 0.3) is 10.8 Å². The van der Waals surface area contributed by atoms with Crippen molar-refractivity contribution in [3.8, 4) is 0 Å². The first-order valence-corrected chi connectivity index (χ1v) is 5.59. The van der Waals surface area contributed by atoms with Gasteiger partial charge in [0.25, 0.3) is 0 Å². The third-order valence-corrected chi connectivity index (χ3v) is 2.35. The molecule has 0 aliphatic rings. The largest absolute Gasteiger partial charge is 1.00 e. The molecular formula is C9H9N2NaO3S. The summed E-state index contributed by atoms with van der Waals surface area (Å²) in [6.45, 7) is 0. The minimum Gasteiger partial charge on any atom is -1.00 e. The van der Waals surface area contributed by atoms with E-state index in [0.29, 0.717) is 5.39 Å². The third-order valence-electron chi connectivity index (χ3n) is 1.90. The fraction of sp³-hybridized carbons (Fsp3) is 0. The molecule has 2 aromatic rings. The molecule has 16 heavy (non-hydrogen) atoms. The average molecular weight is 248 g/mol. The number of hydrogen-bond acceptors (Lipinski definition) is 3. The molecule has 5 nitrogen and oxygen atoms in total. The first-order valence-electron chi connectivity index (χ1n) is 4.15. The van der Waals surface area contributed by atoms with Gasteiger partial charge in [0.15, 0.2) is 0 Å². The van der Waals surface area contributed by atoms with Crippen molar-refractivity contribution in [1.82, 2.24) is 4.98 Å². The number of benzene rings is 1. The summed E-state index contributed by atoms with van der Waals surface area (Å²) in [6, 6.07) is 8.89. The number of nitrogens with zero attached hydrogens (tertiary/aromatic N) is 1. The van der Waals surface area contributed by atoms with Crippen LogP contribution < -0.4 is 34.3 Å². The number of nitrogens with one attached hydrogen (secondary N) is 1. The quantitative estimate of drug-likeness (QED) is 0.504. The zero-order valence-electron chi connectivity index (χ0n) is 9.58. The molecule has 1 aromatic carbocycles. The van der Waals surface area contributed by atoms with E-state index in [1.165, 1.54) is 6.20 Å². The average Bonchev–Trinajstić information content (AvgIpc) is 2.16. The topological polar surface area (TPSA) is 79.3 Å². The Morgan fingerprint density at radius 2 is 1.94 bits per heavy atom. The Morgan fingerprint density at radius 1 is 1.25 bits per heavy atom. The van der Waals surface area contributed by atoms with Gasteiger partial charge in [0.1, 0.15) is 5.82 Å². The van der Waals surface area contributed by atoms with Gasteiger partial charge in [0, 0.05) is 11.6 Å². The van der Waals surface area contributed by atoms with E-state index in [9.17, 15) is 8.42 Å². The van der Waals surface area contributed by atoms with Crippen molar-refractivity contribution in [2.24, 2.45) is 0 Å².